The highest BCUT2D eigenvalue weighted by Crippen LogP contribution is 2.28. The van der Waals surface area contributed by atoms with Crippen LogP contribution in [0.1, 0.15) is 0 Å². The van der Waals surface area contributed by atoms with Crippen LogP contribution in [-0.2, 0) is 10.0 Å². The normalized spacial score (nSPS) is 12.1. The SMILES string of the molecule is CN=Nc1cc(S(=O)(=O)NC)ccc1O. The Morgan fingerprint density at radius 3 is 2.60 bits per heavy atom. The molecule has 0 atom stereocenters. The molecule has 0 aromatic heterocycles. The van der Waals surface area contributed by atoms with Crippen molar-refractivity contribution in [1.29, 1.82) is 0 Å². The molecule has 6 nitrogen and oxygen atoms in total. The zero-order chi connectivity index (χ0) is 11.5. The second-order valence-electron chi connectivity index (χ2n) is 2.66. The van der Waals surface area contributed by atoms with E-state index in [4.69, 9.17) is 0 Å². The largest absolute Gasteiger partial charge is 0.506 e. The third-order valence-electron chi connectivity index (χ3n) is 1.73. The van der Waals surface area contributed by atoms with Gasteiger partial charge in [0.15, 0.2) is 0 Å². The van der Waals surface area contributed by atoms with E-state index in [0.717, 1.165) is 0 Å². The van der Waals surface area contributed by atoms with E-state index in [0.29, 0.717) is 0 Å². The Bertz CT molecular complexity index is 482. The van der Waals surface area contributed by atoms with Crippen LogP contribution in [0.25, 0.3) is 0 Å². The van der Waals surface area contributed by atoms with Gasteiger partial charge in [-0.2, -0.15) is 10.2 Å². The molecule has 0 radical (unpaired) electrons. The molecule has 15 heavy (non-hydrogen) atoms. The summed E-state index contributed by atoms with van der Waals surface area (Å²) < 4.78 is 25.0. The highest BCUT2D eigenvalue weighted by molar-refractivity contribution is 7.89. The third-order valence-corrected chi connectivity index (χ3v) is 3.15. The maximum atomic E-state index is 11.4. The maximum absolute atomic E-state index is 11.4. The summed E-state index contributed by atoms with van der Waals surface area (Å²) >= 11 is 0. The Morgan fingerprint density at radius 1 is 1.40 bits per heavy atom. The molecule has 0 saturated carbocycles. The minimum absolute atomic E-state index is 0.0326. The molecule has 0 unspecified atom stereocenters. The summed E-state index contributed by atoms with van der Waals surface area (Å²) in [6.07, 6.45) is 0. The molecular formula is C8H11N3O3S. The Hall–Kier alpha value is -1.47. The third kappa shape index (κ3) is 2.51. The van der Waals surface area contributed by atoms with Gasteiger partial charge in [-0.1, -0.05) is 0 Å². The average molecular weight is 229 g/mol. The number of azo groups is 1. The van der Waals surface area contributed by atoms with Crippen molar-refractivity contribution in [3.8, 4) is 5.75 Å². The van der Waals surface area contributed by atoms with Gasteiger partial charge in [-0.3, -0.25) is 0 Å². The molecule has 0 aliphatic heterocycles. The molecule has 0 spiro atoms. The van der Waals surface area contributed by atoms with Crippen LogP contribution in [0.15, 0.2) is 33.3 Å². The highest BCUT2D eigenvalue weighted by Gasteiger charge is 2.13. The number of aromatic hydroxyl groups is 1. The van der Waals surface area contributed by atoms with Gasteiger partial charge in [0.2, 0.25) is 10.0 Å². The number of rotatable bonds is 3. The monoisotopic (exact) mass is 229 g/mol. The fraction of sp³-hybridized carbons (Fsp3) is 0.250. The van der Waals surface area contributed by atoms with E-state index in [-0.39, 0.29) is 16.3 Å². The Morgan fingerprint density at radius 2 is 2.07 bits per heavy atom. The molecule has 1 aromatic rings. The van der Waals surface area contributed by atoms with Crippen molar-refractivity contribution >= 4 is 15.7 Å². The van der Waals surface area contributed by atoms with Crippen molar-refractivity contribution in [2.75, 3.05) is 14.1 Å². The van der Waals surface area contributed by atoms with Crippen molar-refractivity contribution in [1.82, 2.24) is 4.72 Å². The Kier molecular flexibility index (Phi) is 3.38. The predicted octanol–water partition coefficient (Wildman–Crippen LogP) is 1.01. The number of hydrogen-bond acceptors (Lipinski definition) is 5. The summed E-state index contributed by atoms with van der Waals surface area (Å²) in [4.78, 5) is 0.0326. The Balaban J connectivity index is 3.31. The zero-order valence-electron chi connectivity index (χ0n) is 8.30. The van der Waals surface area contributed by atoms with Gasteiger partial charge in [0.1, 0.15) is 11.4 Å². The van der Waals surface area contributed by atoms with Crippen LogP contribution >= 0.6 is 0 Å². The molecule has 0 fully saturated rings. The van der Waals surface area contributed by atoms with Crippen LogP contribution in [0.3, 0.4) is 0 Å². The standard InChI is InChI=1S/C8H11N3O3S/c1-9-11-7-5-6(3-4-8(7)12)15(13,14)10-2/h3-5,10,12H,1-2H3. The summed E-state index contributed by atoms with van der Waals surface area (Å²) in [5.74, 6) is -0.115. The molecule has 1 aromatic carbocycles. The van der Waals surface area contributed by atoms with Gasteiger partial charge in [0, 0.05) is 7.05 Å². The number of nitrogens with zero attached hydrogens (tertiary/aromatic N) is 2. The molecule has 1 rings (SSSR count). The van der Waals surface area contributed by atoms with Crippen LogP contribution in [0.2, 0.25) is 0 Å². The molecule has 0 aliphatic carbocycles. The summed E-state index contributed by atoms with van der Waals surface area (Å²) in [6.45, 7) is 0. The van der Waals surface area contributed by atoms with E-state index in [2.05, 4.69) is 15.0 Å². The molecule has 2 N–H and O–H groups in total. The minimum Gasteiger partial charge on any atom is -0.506 e. The highest BCUT2D eigenvalue weighted by atomic mass is 32.2. The van der Waals surface area contributed by atoms with Crippen LogP contribution in [-0.4, -0.2) is 27.6 Å². The van der Waals surface area contributed by atoms with Gasteiger partial charge >= 0.3 is 0 Å². The number of benzene rings is 1. The van der Waals surface area contributed by atoms with Gasteiger partial charge in [-0.15, -0.1) is 0 Å². The molecule has 0 bridgehead atoms. The van der Waals surface area contributed by atoms with Crippen LogP contribution in [0.5, 0.6) is 5.75 Å². The number of sulfonamides is 1. The lowest BCUT2D eigenvalue weighted by Crippen LogP contribution is -2.18. The summed E-state index contributed by atoms with van der Waals surface area (Å²) in [5.41, 5.74) is 0.119. The fourth-order valence-electron chi connectivity index (χ4n) is 0.976. The first kappa shape index (κ1) is 11.6. The molecular weight excluding hydrogens is 218 g/mol. The summed E-state index contributed by atoms with van der Waals surface area (Å²) in [7, 11) is -0.781. The first-order chi connectivity index (χ1) is 7.01. The quantitative estimate of drug-likeness (QED) is 0.758. The van der Waals surface area contributed by atoms with Gasteiger partial charge in [-0.05, 0) is 25.2 Å². The lowest BCUT2D eigenvalue weighted by molar-refractivity contribution is 0.475. The number of phenols is 1. The minimum atomic E-state index is -3.52. The second kappa shape index (κ2) is 4.37. The van der Waals surface area contributed by atoms with E-state index in [1.165, 1.54) is 32.3 Å². The van der Waals surface area contributed by atoms with Crippen LogP contribution < -0.4 is 4.72 Å². The lowest BCUT2D eigenvalue weighted by atomic mass is 10.3. The smallest absolute Gasteiger partial charge is 0.240 e. The van der Waals surface area contributed by atoms with Crippen LogP contribution in [0, 0.1) is 0 Å². The first-order valence-electron chi connectivity index (χ1n) is 4.07. The van der Waals surface area contributed by atoms with Gasteiger partial charge < -0.3 is 5.11 Å². The molecule has 0 saturated heterocycles. The summed E-state index contributed by atoms with van der Waals surface area (Å²) in [6, 6.07) is 3.79. The van der Waals surface area contributed by atoms with Crippen molar-refractivity contribution in [2.24, 2.45) is 10.2 Å². The molecule has 7 heteroatoms. The molecule has 0 aliphatic rings. The van der Waals surface area contributed by atoms with E-state index in [1.807, 2.05) is 0 Å². The average Bonchev–Trinajstić information content (AvgIpc) is 2.21. The lowest BCUT2D eigenvalue weighted by Gasteiger charge is -2.03. The first-order valence-corrected chi connectivity index (χ1v) is 5.56. The molecule has 0 heterocycles. The van der Waals surface area contributed by atoms with E-state index >= 15 is 0 Å². The maximum Gasteiger partial charge on any atom is 0.240 e. The fourth-order valence-corrected chi connectivity index (χ4v) is 1.73. The second-order valence-corrected chi connectivity index (χ2v) is 4.54. The number of nitrogens with one attached hydrogen (secondary N) is 1. The predicted molar refractivity (Wildman–Crippen MR) is 54.8 cm³/mol. The van der Waals surface area contributed by atoms with Crippen LogP contribution in [0.4, 0.5) is 5.69 Å². The van der Waals surface area contributed by atoms with Crippen molar-refractivity contribution in [2.45, 2.75) is 4.90 Å². The van der Waals surface area contributed by atoms with Gasteiger partial charge in [-0.25, -0.2) is 13.1 Å². The Labute approximate surface area is 87.7 Å². The van der Waals surface area contributed by atoms with Gasteiger partial charge in [0.25, 0.3) is 0 Å². The van der Waals surface area contributed by atoms with E-state index < -0.39 is 10.0 Å². The topological polar surface area (TPSA) is 91.1 Å². The number of hydrogen-bond donors (Lipinski definition) is 2. The summed E-state index contributed by atoms with van der Waals surface area (Å²) in [5, 5.41) is 16.4. The number of phenolic OH excluding ortho intramolecular Hbond substituents is 1. The molecule has 82 valence electrons. The van der Waals surface area contributed by atoms with E-state index in [1.54, 1.807) is 0 Å². The van der Waals surface area contributed by atoms with Crippen molar-refractivity contribution < 1.29 is 13.5 Å². The van der Waals surface area contributed by atoms with Crippen molar-refractivity contribution in [3.63, 3.8) is 0 Å². The zero-order valence-corrected chi connectivity index (χ0v) is 9.11. The van der Waals surface area contributed by atoms with Gasteiger partial charge in [0.05, 0.1) is 4.90 Å². The molecule has 0 amide bonds. The van der Waals surface area contributed by atoms with E-state index in [9.17, 15) is 13.5 Å². The van der Waals surface area contributed by atoms with Crippen molar-refractivity contribution in [3.05, 3.63) is 18.2 Å².